The summed E-state index contributed by atoms with van der Waals surface area (Å²) in [4.78, 5) is 4.51. The molecule has 158 valence electrons. The molecule has 3 N–H and O–H groups in total. The van der Waals surface area contributed by atoms with Gasteiger partial charge in [0.25, 0.3) is 0 Å². The summed E-state index contributed by atoms with van der Waals surface area (Å²) in [5, 5.41) is 18.1. The van der Waals surface area contributed by atoms with Gasteiger partial charge in [0.15, 0.2) is 17.5 Å². The van der Waals surface area contributed by atoms with E-state index in [1.54, 1.807) is 38.5 Å². The number of aliphatic hydroxyl groups is 1. The lowest BCUT2D eigenvalue weighted by Crippen LogP contribution is -2.39. The largest absolute Gasteiger partial charge is 0.493 e. The van der Waals surface area contributed by atoms with Gasteiger partial charge in [-0.05, 0) is 49.2 Å². The predicted molar refractivity (Wildman–Crippen MR) is 118 cm³/mol. The van der Waals surface area contributed by atoms with Crippen molar-refractivity contribution in [1.82, 2.24) is 10.6 Å². The highest BCUT2D eigenvalue weighted by Crippen LogP contribution is 2.30. The van der Waals surface area contributed by atoms with Gasteiger partial charge in [-0.25, -0.2) is 0 Å². The number of hydrogen-bond donors (Lipinski definition) is 3. The number of benzene rings is 2. The maximum atomic E-state index is 10.5. The highest BCUT2D eigenvalue weighted by atomic mass is 35.5. The average Bonchev–Trinajstić information content (AvgIpc) is 2.73. The van der Waals surface area contributed by atoms with Gasteiger partial charge in [0.2, 0.25) is 0 Å². The van der Waals surface area contributed by atoms with Crippen LogP contribution in [-0.4, -0.2) is 38.4 Å². The Morgan fingerprint density at radius 2 is 1.72 bits per heavy atom. The number of methoxy groups -OCH3 is 2. The lowest BCUT2D eigenvalue weighted by molar-refractivity contribution is 0.186. The van der Waals surface area contributed by atoms with Crippen LogP contribution in [0.1, 0.15) is 37.1 Å². The fourth-order valence-electron chi connectivity index (χ4n) is 2.73. The molecule has 2 unspecified atom stereocenters. The Balaban J connectivity index is 2.10. The summed E-state index contributed by atoms with van der Waals surface area (Å²) in [6, 6.07) is 10.7. The molecule has 2 aromatic rings. The smallest absolute Gasteiger partial charge is 0.191 e. The molecule has 0 fully saturated rings. The molecule has 0 saturated carbocycles. The number of halogens is 2. The minimum atomic E-state index is -0.787. The second-order valence-electron chi connectivity index (χ2n) is 6.39. The molecule has 2 aromatic carbocycles. The number of aliphatic imine (C=N–C) groups is 1. The molecule has 0 saturated heterocycles. The zero-order valence-electron chi connectivity index (χ0n) is 17.0. The second kappa shape index (κ2) is 11.1. The SMILES string of the molecule is CCNC(=NCC(O)c1ccc(OC)c(OC)c1)NC(C)c1ccc(Cl)c(Cl)c1. The van der Waals surface area contributed by atoms with E-state index in [-0.39, 0.29) is 12.6 Å². The van der Waals surface area contributed by atoms with Gasteiger partial charge < -0.3 is 25.2 Å². The molecule has 0 amide bonds. The first-order chi connectivity index (χ1) is 13.9. The van der Waals surface area contributed by atoms with Crippen LogP contribution in [0.2, 0.25) is 10.0 Å². The van der Waals surface area contributed by atoms with Gasteiger partial charge in [0.05, 0.1) is 43.0 Å². The van der Waals surface area contributed by atoms with E-state index < -0.39 is 6.10 Å². The van der Waals surface area contributed by atoms with E-state index in [0.29, 0.717) is 39.6 Å². The molecule has 8 heteroatoms. The van der Waals surface area contributed by atoms with Crippen LogP contribution in [0.4, 0.5) is 0 Å². The molecule has 0 radical (unpaired) electrons. The van der Waals surface area contributed by atoms with Crippen LogP contribution in [0.3, 0.4) is 0 Å². The summed E-state index contributed by atoms with van der Waals surface area (Å²) >= 11 is 12.1. The van der Waals surface area contributed by atoms with Gasteiger partial charge in [-0.1, -0.05) is 35.3 Å². The van der Waals surface area contributed by atoms with E-state index in [2.05, 4.69) is 15.6 Å². The molecule has 29 heavy (non-hydrogen) atoms. The fraction of sp³-hybridized carbons (Fsp3) is 0.381. The zero-order valence-corrected chi connectivity index (χ0v) is 18.5. The Bertz CT molecular complexity index is 846. The molecule has 0 heterocycles. The number of hydrogen-bond acceptors (Lipinski definition) is 4. The van der Waals surface area contributed by atoms with Gasteiger partial charge in [0, 0.05) is 6.54 Å². The minimum absolute atomic E-state index is 0.0548. The van der Waals surface area contributed by atoms with E-state index in [9.17, 15) is 5.11 Å². The molecular weight excluding hydrogens is 413 g/mol. The third kappa shape index (κ3) is 6.42. The number of rotatable bonds is 8. The van der Waals surface area contributed by atoms with Crippen molar-refractivity contribution in [2.24, 2.45) is 4.99 Å². The minimum Gasteiger partial charge on any atom is -0.493 e. The Labute approximate surface area is 181 Å². The van der Waals surface area contributed by atoms with Crippen molar-refractivity contribution in [1.29, 1.82) is 0 Å². The Hall–Kier alpha value is -2.15. The summed E-state index contributed by atoms with van der Waals surface area (Å²) in [7, 11) is 3.13. The summed E-state index contributed by atoms with van der Waals surface area (Å²) in [6.07, 6.45) is -0.787. The highest BCUT2D eigenvalue weighted by molar-refractivity contribution is 6.42. The van der Waals surface area contributed by atoms with Gasteiger partial charge in [0.1, 0.15) is 0 Å². The Morgan fingerprint density at radius 1 is 1.03 bits per heavy atom. The number of nitrogens with zero attached hydrogens (tertiary/aromatic N) is 1. The van der Waals surface area contributed by atoms with Crippen molar-refractivity contribution in [3.05, 3.63) is 57.6 Å². The van der Waals surface area contributed by atoms with Gasteiger partial charge >= 0.3 is 0 Å². The van der Waals surface area contributed by atoms with E-state index in [1.165, 1.54) is 0 Å². The third-order valence-corrected chi connectivity index (χ3v) is 5.09. The van der Waals surface area contributed by atoms with Crippen LogP contribution in [0.15, 0.2) is 41.4 Å². The van der Waals surface area contributed by atoms with Crippen molar-refractivity contribution in [2.45, 2.75) is 26.0 Å². The monoisotopic (exact) mass is 439 g/mol. The average molecular weight is 440 g/mol. The van der Waals surface area contributed by atoms with E-state index in [4.69, 9.17) is 32.7 Å². The topological polar surface area (TPSA) is 75.1 Å². The van der Waals surface area contributed by atoms with E-state index >= 15 is 0 Å². The van der Waals surface area contributed by atoms with Crippen LogP contribution >= 0.6 is 23.2 Å². The number of nitrogens with one attached hydrogen (secondary N) is 2. The molecule has 0 bridgehead atoms. The normalized spacial score (nSPS) is 13.6. The van der Waals surface area contributed by atoms with Gasteiger partial charge in [-0.3, -0.25) is 4.99 Å². The lowest BCUT2D eigenvalue weighted by atomic mass is 10.1. The first-order valence-corrected chi connectivity index (χ1v) is 10.0. The van der Waals surface area contributed by atoms with Crippen LogP contribution in [0.25, 0.3) is 0 Å². The van der Waals surface area contributed by atoms with Crippen LogP contribution in [0.5, 0.6) is 11.5 Å². The standard InChI is InChI=1S/C21H27Cl2N3O3/c1-5-24-21(26-13(2)14-6-8-16(22)17(23)10-14)25-12-18(27)15-7-9-19(28-3)20(11-15)29-4/h6-11,13,18,27H,5,12H2,1-4H3,(H2,24,25,26). The van der Waals surface area contributed by atoms with E-state index in [0.717, 1.165) is 5.56 Å². The van der Waals surface area contributed by atoms with Gasteiger partial charge in [-0.15, -0.1) is 0 Å². The molecule has 0 aliphatic heterocycles. The summed E-state index contributed by atoms with van der Waals surface area (Å²) < 4.78 is 10.5. The Morgan fingerprint density at radius 3 is 2.34 bits per heavy atom. The van der Waals surface area contributed by atoms with Crippen LogP contribution in [0, 0.1) is 0 Å². The molecule has 0 spiro atoms. The van der Waals surface area contributed by atoms with Crippen molar-refractivity contribution in [2.75, 3.05) is 27.3 Å². The van der Waals surface area contributed by atoms with Gasteiger partial charge in [-0.2, -0.15) is 0 Å². The first-order valence-electron chi connectivity index (χ1n) is 9.29. The fourth-order valence-corrected chi connectivity index (χ4v) is 3.04. The van der Waals surface area contributed by atoms with Crippen LogP contribution < -0.4 is 20.1 Å². The Kier molecular flexibility index (Phi) is 8.89. The summed E-state index contributed by atoms with van der Waals surface area (Å²) in [5.41, 5.74) is 1.67. The van der Waals surface area contributed by atoms with Crippen LogP contribution in [-0.2, 0) is 0 Å². The molecule has 6 nitrogen and oxygen atoms in total. The molecule has 2 atom stereocenters. The summed E-state index contributed by atoms with van der Waals surface area (Å²) in [5.74, 6) is 1.76. The zero-order chi connectivity index (χ0) is 21.4. The predicted octanol–water partition coefficient (Wildman–Crippen LogP) is 4.36. The third-order valence-electron chi connectivity index (χ3n) is 4.36. The lowest BCUT2D eigenvalue weighted by Gasteiger charge is -2.19. The molecule has 2 rings (SSSR count). The first kappa shape index (κ1) is 23.1. The molecule has 0 aromatic heterocycles. The quantitative estimate of drug-likeness (QED) is 0.420. The maximum Gasteiger partial charge on any atom is 0.191 e. The molecule has 0 aliphatic rings. The number of ether oxygens (including phenoxy) is 2. The summed E-state index contributed by atoms with van der Waals surface area (Å²) in [6.45, 7) is 4.84. The van der Waals surface area contributed by atoms with Crippen molar-refractivity contribution < 1.29 is 14.6 Å². The van der Waals surface area contributed by atoms with E-state index in [1.807, 2.05) is 26.0 Å². The number of aliphatic hydroxyl groups excluding tert-OH is 1. The van der Waals surface area contributed by atoms with Crippen molar-refractivity contribution in [3.8, 4) is 11.5 Å². The maximum absolute atomic E-state index is 10.5. The number of guanidine groups is 1. The second-order valence-corrected chi connectivity index (χ2v) is 7.20. The molecule has 0 aliphatic carbocycles. The molecular formula is C21H27Cl2N3O3. The van der Waals surface area contributed by atoms with Crippen molar-refractivity contribution >= 4 is 29.2 Å². The highest BCUT2D eigenvalue weighted by Gasteiger charge is 2.13. The van der Waals surface area contributed by atoms with Crippen molar-refractivity contribution in [3.63, 3.8) is 0 Å².